The van der Waals surface area contributed by atoms with Gasteiger partial charge >= 0.3 is 6.03 Å². The SMILES string of the molecule is COc1ccc([N+](=O)[O-])cc1NC(=O)NCOc1ccc(Cl)cc1. The van der Waals surface area contributed by atoms with Crippen molar-refractivity contribution in [1.82, 2.24) is 5.32 Å². The van der Waals surface area contributed by atoms with Crippen LogP contribution in [-0.4, -0.2) is 24.8 Å². The van der Waals surface area contributed by atoms with Gasteiger partial charge in [-0.1, -0.05) is 11.6 Å². The molecule has 8 nitrogen and oxygen atoms in total. The van der Waals surface area contributed by atoms with Crippen molar-refractivity contribution >= 4 is 29.0 Å². The number of hydrogen-bond acceptors (Lipinski definition) is 5. The van der Waals surface area contributed by atoms with Crippen molar-refractivity contribution in [2.45, 2.75) is 0 Å². The molecule has 0 saturated heterocycles. The van der Waals surface area contributed by atoms with Gasteiger partial charge in [0.25, 0.3) is 5.69 Å². The first kappa shape index (κ1) is 17.4. The smallest absolute Gasteiger partial charge is 0.321 e. The van der Waals surface area contributed by atoms with Gasteiger partial charge in [0.1, 0.15) is 11.5 Å². The van der Waals surface area contributed by atoms with Crippen LogP contribution in [0.5, 0.6) is 11.5 Å². The minimum Gasteiger partial charge on any atom is -0.495 e. The van der Waals surface area contributed by atoms with Gasteiger partial charge in [0, 0.05) is 17.2 Å². The maximum atomic E-state index is 11.9. The van der Waals surface area contributed by atoms with Gasteiger partial charge in [-0.3, -0.25) is 10.1 Å². The van der Waals surface area contributed by atoms with Crippen molar-refractivity contribution in [2.75, 3.05) is 19.2 Å². The Morgan fingerprint density at radius 1 is 1.25 bits per heavy atom. The van der Waals surface area contributed by atoms with E-state index in [2.05, 4.69) is 10.6 Å². The third-order valence-corrected chi connectivity index (χ3v) is 3.18. The molecule has 0 fully saturated rings. The molecule has 0 atom stereocenters. The molecule has 0 aromatic heterocycles. The monoisotopic (exact) mass is 351 g/mol. The molecule has 0 aliphatic heterocycles. The lowest BCUT2D eigenvalue weighted by Crippen LogP contribution is -2.32. The molecule has 24 heavy (non-hydrogen) atoms. The fourth-order valence-electron chi connectivity index (χ4n) is 1.79. The molecule has 0 heterocycles. The highest BCUT2D eigenvalue weighted by Crippen LogP contribution is 2.28. The van der Waals surface area contributed by atoms with Gasteiger partial charge in [0.05, 0.1) is 17.7 Å². The summed E-state index contributed by atoms with van der Waals surface area (Å²) < 4.78 is 10.4. The van der Waals surface area contributed by atoms with E-state index in [0.29, 0.717) is 16.5 Å². The number of carbonyl (C=O) groups excluding carboxylic acids is 1. The molecule has 0 unspecified atom stereocenters. The molecule has 2 rings (SSSR count). The summed E-state index contributed by atoms with van der Waals surface area (Å²) in [5, 5.41) is 16.3. The van der Waals surface area contributed by atoms with Gasteiger partial charge in [-0.2, -0.15) is 0 Å². The number of hydrogen-bond donors (Lipinski definition) is 2. The number of methoxy groups -OCH3 is 1. The highest BCUT2D eigenvalue weighted by molar-refractivity contribution is 6.30. The van der Waals surface area contributed by atoms with Crippen LogP contribution in [0, 0.1) is 10.1 Å². The van der Waals surface area contributed by atoms with Gasteiger partial charge in [-0.25, -0.2) is 4.79 Å². The second kappa shape index (κ2) is 8.02. The zero-order chi connectivity index (χ0) is 17.5. The predicted octanol–water partition coefficient (Wildman–Crippen LogP) is 3.41. The Balaban J connectivity index is 1.93. The summed E-state index contributed by atoms with van der Waals surface area (Å²) in [5.74, 6) is 0.835. The number of carbonyl (C=O) groups is 1. The Hall–Kier alpha value is -3.00. The Labute approximate surface area is 142 Å². The van der Waals surface area contributed by atoms with E-state index in [1.807, 2.05) is 0 Å². The Kier molecular flexibility index (Phi) is 5.80. The van der Waals surface area contributed by atoms with Crippen LogP contribution in [0.15, 0.2) is 42.5 Å². The number of anilines is 1. The van der Waals surface area contributed by atoms with Crippen LogP contribution in [0.25, 0.3) is 0 Å². The van der Waals surface area contributed by atoms with Crippen LogP contribution >= 0.6 is 11.6 Å². The Morgan fingerprint density at radius 3 is 2.58 bits per heavy atom. The van der Waals surface area contributed by atoms with Crippen LogP contribution in [-0.2, 0) is 0 Å². The summed E-state index contributed by atoms with van der Waals surface area (Å²) >= 11 is 5.75. The molecule has 126 valence electrons. The molecular formula is C15H14ClN3O5. The minimum absolute atomic E-state index is 0.0926. The molecule has 0 saturated carbocycles. The summed E-state index contributed by atoms with van der Waals surface area (Å²) in [6.45, 7) is -0.0926. The second-order valence-electron chi connectivity index (χ2n) is 4.52. The maximum absolute atomic E-state index is 11.9. The van der Waals surface area contributed by atoms with Crippen LogP contribution in [0.1, 0.15) is 0 Å². The summed E-state index contributed by atoms with van der Waals surface area (Å²) in [6, 6.07) is 9.93. The number of nitrogens with zero attached hydrogens (tertiary/aromatic N) is 1. The van der Waals surface area contributed by atoms with Crippen LogP contribution in [0.2, 0.25) is 5.02 Å². The van der Waals surface area contributed by atoms with Gasteiger partial charge in [-0.05, 0) is 30.3 Å². The number of benzene rings is 2. The lowest BCUT2D eigenvalue weighted by atomic mass is 10.2. The normalized spacial score (nSPS) is 9.92. The third-order valence-electron chi connectivity index (χ3n) is 2.93. The maximum Gasteiger partial charge on any atom is 0.321 e. The number of rotatable bonds is 6. The van der Waals surface area contributed by atoms with E-state index in [9.17, 15) is 14.9 Å². The minimum atomic E-state index is -0.595. The van der Waals surface area contributed by atoms with Crippen molar-refractivity contribution in [3.8, 4) is 11.5 Å². The fourth-order valence-corrected chi connectivity index (χ4v) is 1.92. The summed E-state index contributed by atoms with van der Waals surface area (Å²) in [5.41, 5.74) is 0.0132. The largest absolute Gasteiger partial charge is 0.495 e. The number of nitrogens with one attached hydrogen (secondary N) is 2. The molecule has 0 aliphatic rings. The molecular weight excluding hydrogens is 338 g/mol. The van der Waals surface area contributed by atoms with Gasteiger partial charge in [0.15, 0.2) is 6.73 Å². The zero-order valence-corrected chi connectivity index (χ0v) is 13.4. The molecule has 2 N–H and O–H groups in total. The standard InChI is InChI=1S/C15H14ClN3O5/c1-23-14-7-4-11(19(21)22)8-13(14)18-15(20)17-9-24-12-5-2-10(16)3-6-12/h2-8H,9H2,1H3,(H2,17,18,20). The molecule has 9 heteroatoms. The first-order valence-electron chi connectivity index (χ1n) is 6.75. The Bertz CT molecular complexity index is 736. The van der Waals surface area contributed by atoms with E-state index in [1.165, 1.54) is 25.3 Å². The quantitative estimate of drug-likeness (QED) is 0.471. The molecule has 0 spiro atoms. The van der Waals surface area contributed by atoms with Gasteiger partial charge < -0.3 is 20.1 Å². The summed E-state index contributed by atoms with van der Waals surface area (Å²) in [6.07, 6.45) is 0. The van der Waals surface area contributed by atoms with E-state index in [-0.39, 0.29) is 18.1 Å². The van der Waals surface area contributed by atoms with Crippen molar-refractivity contribution in [3.05, 3.63) is 57.6 Å². The summed E-state index contributed by atoms with van der Waals surface area (Å²) in [4.78, 5) is 22.1. The number of non-ortho nitro benzene ring substituents is 1. The Morgan fingerprint density at radius 2 is 1.96 bits per heavy atom. The zero-order valence-electron chi connectivity index (χ0n) is 12.6. The number of ether oxygens (including phenoxy) is 2. The van der Waals surface area contributed by atoms with Crippen LogP contribution in [0.4, 0.5) is 16.2 Å². The lowest BCUT2D eigenvalue weighted by Gasteiger charge is -2.11. The van der Waals surface area contributed by atoms with E-state index >= 15 is 0 Å². The fraction of sp³-hybridized carbons (Fsp3) is 0.133. The van der Waals surface area contributed by atoms with Crippen LogP contribution in [0.3, 0.4) is 0 Å². The highest BCUT2D eigenvalue weighted by atomic mass is 35.5. The average molecular weight is 352 g/mol. The van der Waals surface area contributed by atoms with Gasteiger partial charge in [-0.15, -0.1) is 0 Å². The topological polar surface area (TPSA) is 103 Å². The first-order valence-corrected chi connectivity index (χ1v) is 7.13. The highest BCUT2D eigenvalue weighted by Gasteiger charge is 2.13. The molecule has 0 radical (unpaired) electrons. The average Bonchev–Trinajstić information content (AvgIpc) is 2.56. The van der Waals surface area contributed by atoms with E-state index in [0.717, 1.165) is 0 Å². The van der Waals surface area contributed by atoms with E-state index in [4.69, 9.17) is 21.1 Å². The lowest BCUT2D eigenvalue weighted by molar-refractivity contribution is -0.384. The number of amides is 2. The molecule has 0 bridgehead atoms. The number of urea groups is 1. The number of halogens is 1. The number of nitro groups is 1. The second-order valence-corrected chi connectivity index (χ2v) is 4.95. The molecule has 2 amide bonds. The first-order chi connectivity index (χ1) is 11.5. The van der Waals surface area contributed by atoms with Gasteiger partial charge in [0.2, 0.25) is 0 Å². The van der Waals surface area contributed by atoms with Crippen molar-refractivity contribution < 1.29 is 19.2 Å². The molecule has 2 aromatic rings. The van der Waals surface area contributed by atoms with Crippen molar-refractivity contribution in [1.29, 1.82) is 0 Å². The van der Waals surface area contributed by atoms with Crippen molar-refractivity contribution in [3.63, 3.8) is 0 Å². The molecule has 2 aromatic carbocycles. The number of nitro benzene ring substituents is 1. The van der Waals surface area contributed by atoms with Crippen LogP contribution < -0.4 is 20.1 Å². The summed E-state index contributed by atoms with van der Waals surface area (Å²) in [7, 11) is 1.40. The van der Waals surface area contributed by atoms with E-state index in [1.54, 1.807) is 24.3 Å². The van der Waals surface area contributed by atoms with E-state index < -0.39 is 11.0 Å². The van der Waals surface area contributed by atoms with Crippen molar-refractivity contribution in [2.24, 2.45) is 0 Å². The predicted molar refractivity (Wildman–Crippen MR) is 88.7 cm³/mol. The third kappa shape index (κ3) is 4.75. The molecule has 0 aliphatic carbocycles.